The van der Waals surface area contributed by atoms with Gasteiger partial charge < -0.3 is 10.3 Å². The minimum atomic E-state index is 0.707. The molecule has 18 heavy (non-hydrogen) atoms. The standard InChI is InChI=1S/C13H11ClN4/c14-10-3-1-2-9(4-10)6-15-11-5-12-13(16-7-11)18-8-17-12/h1-5,7-8,15H,6H2,(H,16,17,18). The first kappa shape index (κ1) is 11.0. The molecule has 1 aromatic carbocycles. The topological polar surface area (TPSA) is 53.6 Å². The molecule has 0 aliphatic heterocycles. The van der Waals surface area contributed by atoms with Gasteiger partial charge in [-0.15, -0.1) is 0 Å². The minimum Gasteiger partial charge on any atom is -0.380 e. The molecule has 90 valence electrons. The van der Waals surface area contributed by atoms with Gasteiger partial charge in [-0.2, -0.15) is 0 Å². The predicted octanol–water partition coefficient (Wildman–Crippen LogP) is 3.22. The summed E-state index contributed by atoms with van der Waals surface area (Å²) in [6.45, 7) is 0.707. The number of anilines is 1. The number of aromatic nitrogens is 3. The molecule has 0 amide bonds. The Morgan fingerprint density at radius 3 is 3.06 bits per heavy atom. The van der Waals surface area contributed by atoms with E-state index in [4.69, 9.17) is 11.6 Å². The lowest BCUT2D eigenvalue weighted by molar-refractivity contribution is 1.14. The van der Waals surface area contributed by atoms with Crippen molar-refractivity contribution >= 4 is 28.5 Å². The van der Waals surface area contributed by atoms with Crippen molar-refractivity contribution in [2.24, 2.45) is 0 Å². The summed E-state index contributed by atoms with van der Waals surface area (Å²) in [6.07, 6.45) is 3.42. The zero-order chi connectivity index (χ0) is 12.4. The van der Waals surface area contributed by atoms with Crippen molar-refractivity contribution in [1.29, 1.82) is 0 Å². The molecular weight excluding hydrogens is 248 g/mol. The molecule has 0 atom stereocenters. The first-order valence-corrected chi connectivity index (χ1v) is 5.96. The number of aromatic amines is 1. The summed E-state index contributed by atoms with van der Waals surface area (Å²) in [5, 5.41) is 4.04. The monoisotopic (exact) mass is 258 g/mol. The Bertz CT molecular complexity index is 677. The second-order valence-corrected chi connectivity index (χ2v) is 4.41. The lowest BCUT2D eigenvalue weighted by Crippen LogP contribution is -1.99. The van der Waals surface area contributed by atoms with Gasteiger partial charge in [0, 0.05) is 11.6 Å². The van der Waals surface area contributed by atoms with E-state index in [9.17, 15) is 0 Å². The van der Waals surface area contributed by atoms with Gasteiger partial charge in [0.05, 0.1) is 18.2 Å². The van der Waals surface area contributed by atoms with Crippen LogP contribution in [0.25, 0.3) is 11.2 Å². The third-order valence-corrected chi connectivity index (χ3v) is 2.89. The molecule has 0 radical (unpaired) electrons. The van der Waals surface area contributed by atoms with Crippen molar-refractivity contribution in [3.8, 4) is 0 Å². The first-order chi connectivity index (χ1) is 8.81. The van der Waals surface area contributed by atoms with Gasteiger partial charge in [-0.25, -0.2) is 9.97 Å². The molecule has 3 rings (SSSR count). The fourth-order valence-corrected chi connectivity index (χ4v) is 1.99. The van der Waals surface area contributed by atoms with Crippen LogP contribution in [-0.2, 0) is 6.54 Å². The van der Waals surface area contributed by atoms with E-state index in [1.165, 1.54) is 0 Å². The average molecular weight is 259 g/mol. The van der Waals surface area contributed by atoms with E-state index in [1.54, 1.807) is 12.5 Å². The molecule has 0 bridgehead atoms. The quantitative estimate of drug-likeness (QED) is 0.758. The highest BCUT2D eigenvalue weighted by Crippen LogP contribution is 2.15. The van der Waals surface area contributed by atoms with Crippen molar-refractivity contribution < 1.29 is 0 Å². The minimum absolute atomic E-state index is 0.707. The van der Waals surface area contributed by atoms with E-state index in [1.807, 2.05) is 30.3 Å². The highest BCUT2D eigenvalue weighted by Gasteiger charge is 2.00. The Morgan fingerprint density at radius 1 is 1.22 bits per heavy atom. The van der Waals surface area contributed by atoms with Gasteiger partial charge in [-0.05, 0) is 23.8 Å². The zero-order valence-electron chi connectivity index (χ0n) is 9.52. The predicted molar refractivity (Wildman–Crippen MR) is 72.7 cm³/mol. The Kier molecular flexibility index (Phi) is 2.86. The summed E-state index contributed by atoms with van der Waals surface area (Å²) in [7, 11) is 0. The van der Waals surface area contributed by atoms with Crippen LogP contribution in [0, 0.1) is 0 Å². The smallest absolute Gasteiger partial charge is 0.157 e. The van der Waals surface area contributed by atoms with Crippen molar-refractivity contribution in [1.82, 2.24) is 15.0 Å². The Balaban J connectivity index is 1.76. The van der Waals surface area contributed by atoms with Gasteiger partial charge in [0.15, 0.2) is 5.65 Å². The number of imidazole rings is 1. The van der Waals surface area contributed by atoms with Gasteiger partial charge in [-0.1, -0.05) is 23.7 Å². The second kappa shape index (κ2) is 4.66. The molecule has 0 spiro atoms. The maximum atomic E-state index is 5.94. The van der Waals surface area contributed by atoms with Crippen LogP contribution >= 0.6 is 11.6 Å². The van der Waals surface area contributed by atoms with Crippen LogP contribution < -0.4 is 5.32 Å². The van der Waals surface area contributed by atoms with Crippen molar-refractivity contribution in [2.45, 2.75) is 6.54 Å². The largest absolute Gasteiger partial charge is 0.380 e. The summed E-state index contributed by atoms with van der Waals surface area (Å²) >= 11 is 5.94. The molecular formula is C13H11ClN4. The highest BCUT2D eigenvalue weighted by molar-refractivity contribution is 6.30. The number of hydrogen-bond donors (Lipinski definition) is 2. The van der Waals surface area contributed by atoms with Crippen molar-refractivity contribution in [3.63, 3.8) is 0 Å². The molecule has 2 aromatic heterocycles. The number of rotatable bonds is 3. The fourth-order valence-electron chi connectivity index (χ4n) is 1.77. The molecule has 0 aliphatic rings. The molecule has 0 saturated carbocycles. The van der Waals surface area contributed by atoms with Crippen LogP contribution in [0.15, 0.2) is 42.9 Å². The fraction of sp³-hybridized carbons (Fsp3) is 0.0769. The Morgan fingerprint density at radius 2 is 2.17 bits per heavy atom. The lowest BCUT2D eigenvalue weighted by Gasteiger charge is -2.06. The van der Waals surface area contributed by atoms with Crippen LogP contribution in [0.4, 0.5) is 5.69 Å². The number of hydrogen-bond acceptors (Lipinski definition) is 3. The van der Waals surface area contributed by atoms with Crippen molar-refractivity contribution in [2.75, 3.05) is 5.32 Å². The van der Waals surface area contributed by atoms with Crippen LogP contribution in [-0.4, -0.2) is 15.0 Å². The molecule has 2 heterocycles. The van der Waals surface area contributed by atoms with E-state index in [0.717, 1.165) is 27.4 Å². The summed E-state index contributed by atoms with van der Waals surface area (Å²) < 4.78 is 0. The first-order valence-electron chi connectivity index (χ1n) is 5.59. The Hall–Kier alpha value is -2.07. The number of H-pyrrole nitrogens is 1. The van der Waals surface area contributed by atoms with E-state index in [2.05, 4.69) is 20.3 Å². The van der Waals surface area contributed by atoms with Crippen LogP contribution in [0.5, 0.6) is 0 Å². The van der Waals surface area contributed by atoms with E-state index < -0.39 is 0 Å². The molecule has 0 fully saturated rings. The number of halogens is 1. The summed E-state index contributed by atoms with van der Waals surface area (Å²) in [5.74, 6) is 0. The van der Waals surface area contributed by atoms with Crippen LogP contribution in [0.2, 0.25) is 5.02 Å². The molecule has 2 N–H and O–H groups in total. The third-order valence-electron chi connectivity index (χ3n) is 2.66. The van der Waals surface area contributed by atoms with Crippen LogP contribution in [0.1, 0.15) is 5.56 Å². The average Bonchev–Trinajstić information content (AvgIpc) is 2.84. The molecule has 0 unspecified atom stereocenters. The SMILES string of the molecule is Clc1cccc(CNc2cnc3[nH]cnc3c2)c1. The summed E-state index contributed by atoms with van der Waals surface area (Å²) in [5.41, 5.74) is 3.72. The van der Waals surface area contributed by atoms with Crippen molar-refractivity contribution in [3.05, 3.63) is 53.4 Å². The molecule has 4 nitrogen and oxygen atoms in total. The zero-order valence-corrected chi connectivity index (χ0v) is 10.3. The number of benzene rings is 1. The van der Waals surface area contributed by atoms with Gasteiger partial charge in [0.1, 0.15) is 5.52 Å². The number of nitrogens with one attached hydrogen (secondary N) is 2. The van der Waals surface area contributed by atoms with Gasteiger partial charge in [0.2, 0.25) is 0 Å². The normalized spacial score (nSPS) is 10.7. The molecule has 3 aromatic rings. The van der Waals surface area contributed by atoms with Gasteiger partial charge in [0.25, 0.3) is 0 Å². The third kappa shape index (κ3) is 2.28. The number of pyridine rings is 1. The van der Waals surface area contributed by atoms with Crippen LogP contribution in [0.3, 0.4) is 0 Å². The number of nitrogens with zero attached hydrogens (tertiary/aromatic N) is 2. The second-order valence-electron chi connectivity index (χ2n) is 3.98. The lowest BCUT2D eigenvalue weighted by atomic mass is 10.2. The summed E-state index contributed by atoms with van der Waals surface area (Å²) in [6, 6.07) is 9.73. The molecule has 0 aliphatic carbocycles. The van der Waals surface area contributed by atoms with E-state index in [-0.39, 0.29) is 0 Å². The van der Waals surface area contributed by atoms with E-state index in [0.29, 0.717) is 6.54 Å². The van der Waals surface area contributed by atoms with Gasteiger partial charge >= 0.3 is 0 Å². The maximum absolute atomic E-state index is 5.94. The maximum Gasteiger partial charge on any atom is 0.157 e. The molecule has 5 heteroatoms. The van der Waals surface area contributed by atoms with Gasteiger partial charge in [-0.3, -0.25) is 0 Å². The Labute approximate surface area is 109 Å². The van der Waals surface area contributed by atoms with E-state index >= 15 is 0 Å². The highest BCUT2D eigenvalue weighted by atomic mass is 35.5. The molecule has 0 saturated heterocycles. The summed E-state index contributed by atoms with van der Waals surface area (Å²) in [4.78, 5) is 11.4. The number of fused-ring (bicyclic) bond motifs is 1.